The maximum Gasteiger partial charge on any atom is 0.246 e. The molecule has 0 unspecified atom stereocenters. The normalized spacial score (nSPS) is 10.3. The van der Waals surface area contributed by atoms with Crippen molar-refractivity contribution in [1.82, 2.24) is 21.3 Å². The first-order valence-electron chi connectivity index (χ1n) is 10.6. The number of nitrogens with one attached hydrogen (secondary N) is 4. The highest BCUT2D eigenvalue weighted by Crippen LogP contribution is 2.05. The molecule has 4 N–H and O–H groups in total. The number of ether oxygens (including phenoxy) is 1. The van der Waals surface area contributed by atoms with E-state index in [1.54, 1.807) is 7.05 Å². The second kappa shape index (κ2) is 15.8. The second-order valence-electron chi connectivity index (χ2n) is 7.05. The van der Waals surface area contributed by atoms with E-state index in [4.69, 9.17) is 4.74 Å². The summed E-state index contributed by atoms with van der Waals surface area (Å²) in [5.41, 5.74) is 1.75. The van der Waals surface area contributed by atoms with Gasteiger partial charge in [-0.2, -0.15) is 0 Å². The molecule has 1 aromatic rings. The molecule has 0 saturated carbocycles. The maximum atomic E-state index is 11.9. The Hall–Kier alpha value is -2.94. The smallest absolute Gasteiger partial charge is 0.246 e. The van der Waals surface area contributed by atoms with Gasteiger partial charge in [0.1, 0.15) is 6.61 Å². The predicted molar refractivity (Wildman–Crippen MR) is 117 cm³/mol. The number of carbonyl (C=O) groups excluding carboxylic acids is 4. The van der Waals surface area contributed by atoms with Crippen LogP contribution >= 0.6 is 0 Å². The Labute approximate surface area is 183 Å². The number of carbonyl (C=O) groups is 4. The van der Waals surface area contributed by atoms with Crippen LogP contribution in [0.4, 0.5) is 0 Å². The fourth-order valence-corrected chi connectivity index (χ4v) is 2.57. The van der Waals surface area contributed by atoms with Crippen molar-refractivity contribution in [3.63, 3.8) is 0 Å². The molecule has 0 spiro atoms. The quantitative estimate of drug-likeness (QED) is 0.298. The molecule has 9 heteroatoms. The van der Waals surface area contributed by atoms with Gasteiger partial charge in [0, 0.05) is 46.1 Å². The van der Waals surface area contributed by atoms with E-state index < -0.39 is 0 Å². The second-order valence-corrected chi connectivity index (χ2v) is 7.05. The fourth-order valence-electron chi connectivity index (χ4n) is 2.57. The van der Waals surface area contributed by atoms with E-state index in [9.17, 15) is 19.2 Å². The number of hydrogen-bond acceptors (Lipinski definition) is 5. The van der Waals surface area contributed by atoms with Crippen LogP contribution in [-0.2, 0) is 36.9 Å². The van der Waals surface area contributed by atoms with Gasteiger partial charge in [-0.3, -0.25) is 19.2 Å². The number of rotatable bonds is 15. The summed E-state index contributed by atoms with van der Waals surface area (Å²) in [6.07, 6.45) is 2.34. The summed E-state index contributed by atoms with van der Waals surface area (Å²) in [6, 6.07) is 7.37. The van der Waals surface area contributed by atoms with Crippen molar-refractivity contribution in [3.05, 3.63) is 35.4 Å². The third-order valence-electron chi connectivity index (χ3n) is 4.33. The van der Waals surface area contributed by atoms with Crippen LogP contribution in [-0.4, -0.2) is 57.0 Å². The lowest BCUT2D eigenvalue weighted by atomic mass is 10.1. The topological polar surface area (TPSA) is 126 Å². The highest BCUT2D eigenvalue weighted by atomic mass is 16.5. The van der Waals surface area contributed by atoms with Crippen molar-refractivity contribution in [3.8, 4) is 0 Å². The summed E-state index contributed by atoms with van der Waals surface area (Å²) in [6.45, 7) is 3.64. The zero-order valence-corrected chi connectivity index (χ0v) is 18.4. The van der Waals surface area contributed by atoms with Crippen molar-refractivity contribution < 1.29 is 23.9 Å². The SMILES string of the molecule is CCCNC(=O)CCCOCC(=O)NCc1ccc(CC(=O)NCCC(=O)NC)cc1. The average Bonchev–Trinajstić information content (AvgIpc) is 2.76. The van der Waals surface area contributed by atoms with Crippen LogP contribution in [0.2, 0.25) is 0 Å². The van der Waals surface area contributed by atoms with Gasteiger partial charge in [-0.15, -0.1) is 0 Å². The van der Waals surface area contributed by atoms with Gasteiger partial charge in [0.15, 0.2) is 0 Å². The van der Waals surface area contributed by atoms with Gasteiger partial charge in [0.2, 0.25) is 23.6 Å². The molecule has 0 atom stereocenters. The Bertz CT molecular complexity index is 706. The zero-order valence-electron chi connectivity index (χ0n) is 18.4. The number of benzene rings is 1. The van der Waals surface area contributed by atoms with Crippen LogP contribution in [0.5, 0.6) is 0 Å². The van der Waals surface area contributed by atoms with E-state index in [0.717, 1.165) is 17.5 Å². The summed E-state index contributed by atoms with van der Waals surface area (Å²) in [4.78, 5) is 46.3. The van der Waals surface area contributed by atoms with Crippen molar-refractivity contribution in [1.29, 1.82) is 0 Å². The summed E-state index contributed by atoms with van der Waals surface area (Å²) in [5.74, 6) is -0.494. The van der Waals surface area contributed by atoms with Gasteiger partial charge in [0.25, 0.3) is 0 Å². The van der Waals surface area contributed by atoms with Gasteiger partial charge >= 0.3 is 0 Å². The summed E-state index contributed by atoms with van der Waals surface area (Å²) < 4.78 is 5.29. The van der Waals surface area contributed by atoms with Crippen molar-refractivity contribution >= 4 is 23.6 Å². The number of hydrogen-bond donors (Lipinski definition) is 4. The maximum absolute atomic E-state index is 11.9. The lowest BCUT2D eigenvalue weighted by molar-refractivity contribution is -0.126. The first-order valence-corrected chi connectivity index (χ1v) is 10.6. The van der Waals surface area contributed by atoms with Crippen molar-refractivity contribution in [2.24, 2.45) is 0 Å². The minimum absolute atomic E-state index is 0.000255. The Morgan fingerprint density at radius 3 is 2.16 bits per heavy atom. The van der Waals surface area contributed by atoms with E-state index in [1.165, 1.54) is 0 Å². The molecule has 0 bridgehead atoms. The molecule has 0 aliphatic heterocycles. The molecule has 0 aromatic heterocycles. The molecular formula is C22H34N4O5. The van der Waals surface area contributed by atoms with Crippen LogP contribution in [0.3, 0.4) is 0 Å². The molecule has 31 heavy (non-hydrogen) atoms. The lowest BCUT2D eigenvalue weighted by Crippen LogP contribution is -2.30. The average molecular weight is 435 g/mol. The fraction of sp³-hybridized carbons (Fsp3) is 0.545. The summed E-state index contributed by atoms with van der Waals surface area (Å²) >= 11 is 0. The molecule has 4 amide bonds. The summed E-state index contributed by atoms with van der Waals surface area (Å²) in [5, 5.41) is 10.8. The zero-order chi connectivity index (χ0) is 22.9. The minimum atomic E-state index is -0.227. The van der Waals surface area contributed by atoms with E-state index >= 15 is 0 Å². The van der Waals surface area contributed by atoms with E-state index in [-0.39, 0.29) is 43.1 Å². The highest BCUT2D eigenvalue weighted by Gasteiger charge is 2.06. The highest BCUT2D eigenvalue weighted by molar-refractivity contribution is 5.80. The van der Waals surface area contributed by atoms with E-state index in [2.05, 4.69) is 21.3 Å². The van der Waals surface area contributed by atoms with E-state index in [1.807, 2.05) is 31.2 Å². The molecular weight excluding hydrogens is 400 g/mol. The van der Waals surface area contributed by atoms with Gasteiger partial charge in [-0.25, -0.2) is 0 Å². The molecule has 0 radical (unpaired) electrons. The molecule has 0 saturated heterocycles. The minimum Gasteiger partial charge on any atom is -0.372 e. The summed E-state index contributed by atoms with van der Waals surface area (Å²) in [7, 11) is 1.55. The van der Waals surface area contributed by atoms with Gasteiger partial charge in [-0.05, 0) is 24.0 Å². The predicted octanol–water partition coefficient (Wildman–Crippen LogP) is 0.421. The van der Waals surface area contributed by atoms with Gasteiger partial charge in [0.05, 0.1) is 6.42 Å². The third-order valence-corrected chi connectivity index (χ3v) is 4.33. The molecule has 9 nitrogen and oxygen atoms in total. The Kier molecular flexibility index (Phi) is 13.3. The number of amides is 4. The molecule has 1 rings (SSSR count). The van der Waals surface area contributed by atoms with Crippen LogP contribution in [0.1, 0.15) is 43.7 Å². The molecule has 0 heterocycles. The standard InChI is InChI=1S/C22H34N4O5/c1-3-11-24-20(28)5-4-13-31-16-22(30)26-15-18-8-6-17(7-9-18)14-21(29)25-12-10-19(27)23-2/h6-9H,3-5,10-16H2,1-2H3,(H,23,27)(H,24,28)(H,25,29)(H,26,30). The van der Waals surface area contributed by atoms with E-state index in [0.29, 0.717) is 39.1 Å². The molecule has 0 fully saturated rings. The van der Waals surface area contributed by atoms with Crippen LogP contribution in [0.15, 0.2) is 24.3 Å². The molecule has 172 valence electrons. The third kappa shape index (κ3) is 13.1. The Morgan fingerprint density at radius 1 is 0.806 bits per heavy atom. The largest absolute Gasteiger partial charge is 0.372 e. The molecule has 0 aliphatic carbocycles. The Morgan fingerprint density at radius 2 is 1.48 bits per heavy atom. The van der Waals surface area contributed by atoms with Crippen LogP contribution in [0.25, 0.3) is 0 Å². The van der Waals surface area contributed by atoms with Crippen LogP contribution < -0.4 is 21.3 Å². The molecule has 1 aromatic carbocycles. The first kappa shape index (κ1) is 26.1. The molecule has 0 aliphatic rings. The Balaban J connectivity index is 2.17. The van der Waals surface area contributed by atoms with Crippen molar-refractivity contribution in [2.45, 2.75) is 45.6 Å². The van der Waals surface area contributed by atoms with Crippen molar-refractivity contribution in [2.75, 3.05) is 33.4 Å². The van der Waals surface area contributed by atoms with Gasteiger partial charge < -0.3 is 26.0 Å². The lowest BCUT2D eigenvalue weighted by Gasteiger charge is -2.08. The monoisotopic (exact) mass is 434 g/mol. The van der Waals surface area contributed by atoms with Crippen LogP contribution in [0, 0.1) is 0 Å². The van der Waals surface area contributed by atoms with Gasteiger partial charge in [-0.1, -0.05) is 31.2 Å². The first-order chi connectivity index (χ1) is 14.9.